The average Bonchev–Trinajstić information content (AvgIpc) is 3.18. The van der Waals surface area contributed by atoms with Crippen LogP contribution in [0.5, 0.6) is 0 Å². The molecule has 140 valence electrons. The third kappa shape index (κ3) is 3.43. The largest absolute Gasteiger partial charge is 0.242 e. The average molecular weight is 360 g/mol. The smallest absolute Gasteiger partial charge is 0.0886 e. The second kappa shape index (κ2) is 6.95. The van der Waals surface area contributed by atoms with Crippen molar-refractivity contribution in [1.29, 1.82) is 0 Å². The molecule has 1 heterocycles. The maximum absolute atomic E-state index is 4.64. The Morgan fingerprint density at radius 3 is 2.30 bits per heavy atom. The van der Waals surface area contributed by atoms with Gasteiger partial charge < -0.3 is 0 Å². The summed E-state index contributed by atoms with van der Waals surface area (Å²) in [6, 6.07) is 19.5. The Morgan fingerprint density at radius 1 is 0.889 bits per heavy atom. The Hall–Kier alpha value is -2.42. The molecule has 3 nitrogen and oxygen atoms in total. The SMILES string of the molecule is CC1(c2cn(C(C)(C)c3ccccc3)nn2)CCCc2ccccc2CC1. The van der Waals surface area contributed by atoms with Gasteiger partial charge in [-0.1, -0.05) is 66.7 Å². The molecule has 27 heavy (non-hydrogen) atoms. The van der Waals surface area contributed by atoms with Crippen LogP contribution in [-0.4, -0.2) is 15.0 Å². The number of aryl methyl sites for hydroxylation is 2. The van der Waals surface area contributed by atoms with Crippen LogP contribution in [0.2, 0.25) is 0 Å². The van der Waals surface area contributed by atoms with E-state index in [2.05, 4.69) is 91.9 Å². The van der Waals surface area contributed by atoms with Crippen molar-refractivity contribution in [2.45, 2.75) is 63.8 Å². The van der Waals surface area contributed by atoms with E-state index in [9.17, 15) is 0 Å². The van der Waals surface area contributed by atoms with Crippen molar-refractivity contribution in [1.82, 2.24) is 15.0 Å². The van der Waals surface area contributed by atoms with Crippen LogP contribution in [0.4, 0.5) is 0 Å². The first-order valence-electron chi connectivity index (χ1n) is 10.0. The van der Waals surface area contributed by atoms with E-state index < -0.39 is 0 Å². The molecule has 4 rings (SSSR count). The predicted octanol–water partition coefficient (Wildman–Crippen LogP) is 5.29. The van der Waals surface area contributed by atoms with Crippen molar-refractivity contribution >= 4 is 0 Å². The quantitative estimate of drug-likeness (QED) is 0.636. The van der Waals surface area contributed by atoms with E-state index in [0.29, 0.717) is 0 Å². The lowest BCUT2D eigenvalue weighted by Gasteiger charge is -2.30. The molecule has 0 aliphatic heterocycles. The standard InChI is InChI=1S/C24H29N3/c1-23(2,21-13-5-4-6-14-21)27-18-22(25-26-27)24(3)16-9-12-19-10-7-8-11-20(19)15-17-24/h4-8,10-11,13-14,18H,9,12,15-17H2,1-3H3. The lowest BCUT2D eigenvalue weighted by molar-refractivity contribution is 0.370. The molecule has 1 aromatic heterocycles. The highest BCUT2D eigenvalue weighted by molar-refractivity contribution is 5.29. The van der Waals surface area contributed by atoms with Crippen molar-refractivity contribution in [3.8, 4) is 0 Å². The maximum atomic E-state index is 4.64. The summed E-state index contributed by atoms with van der Waals surface area (Å²) in [4.78, 5) is 0. The number of rotatable bonds is 3. The molecule has 3 aromatic rings. The highest BCUT2D eigenvalue weighted by Gasteiger charge is 2.33. The number of hydrogen-bond donors (Lipinski definition) is 0. The summed E-state index contributed by atoms with van der Waals surface area (Å²) in [5, 5.41) is 9.19. The number of fused-ring (bicyclic) bond motifs is 1. The first kappa shape index (κ1) is 18.0. The molecule has 0 amide bonds. The van der Waals surface area contributed by atoms with Crippen molar-refractivity contribution < 1.29 is 0 Å². The molecule has 1 atom stereocenters. The van der Waals surface area contributed by atoms with Crippen LogP contribution in [-0.2, 0) is 23.8 Å². The lowest BCUT2D eigenvalue weighted by Crippen LogP contribution is -2.29. The van der Waals surface area contributed by atoms with Crippen molar-refractivity contribution in [2.75, 3.05) is 0 Å². The fourth-order valence-electron chi connectivity index (χ4n) is 4.30. The second-order valence-electron chi connectivity index (χ2n) is 8.66. The lowest BCUT2D eigenvalue weighted by atomic mass is 9.74. The fourth-order valence-corrected chi connectivity index (χ4v) is 4.30. The Labute approximate surface area is 162 Å². The Balaban J connectivity index is 1.61. The zero-order valence-electron chi connectivity index (χ0n) is 16.7. The minimum absolute atomic E-state index is 0.0819. The van der Waals surface area contributed by atoms with Gasteiger partial charge in [-0.25, -0.2) is 4.68 Å². The van der Waals surface area contributed by atoms with Crippen LogP contribution in [0.15, 0.2) is 60.8 Å². The summed E-state index contributed by atoms with van der Waals surface area (Å²) in [7, 11) is 0. The Morgan fingerprint density at radius 2 is 1.56 bits per heavy atom. The Kier molecular flexibility index (Phi) is 4.63. The highest BCUT2D eigenvalue weighted by Crippen LogP contribution is 2.36. The molecular formula is C24H29N3. The second-order valence-corrected chi connectivity index (χ2v) is 8.66. The fraction of sp³-hybridized carbons (Fsp3) is 0.417. The van der Waals surface area contributed by atoms with Gasteiger partial charge in [0.25, 0.3) is 0 Å². The van der Waals surface area contributed by atoms with Gasteiger partial charge in [0, 0.05) is 5.41 Å². The maximum Gasteiger partial charge on any atom is 0.0886 e. The summed E-state index contributed by atoms with van der Waals surface area (Å²) in [6.45, 7) is 6.78. The van der Waals surface area contributed by atoms with Crippen LogP contribution >= 0.6 is 0 Å². The van der Waals surface area contributed by atoms with Crippen molar-refractivity contribution in [3.05, 3.63) is 83.2 Å². The third-order valence-electron chi connectivity index (χ3n) is 6.40. The van der Waals surface area contributed by atoms with E-state index in [1.807, 2.05) is 4.68 Å². The monoisotopic (exact) mass is 359 g/mol. The summed E-state index contributed by atoms with van der Waals surface area (Å²) in [5.74, 6) is 0. The first-order chi connectivity index (χ1) is 13.0. The molecule has 0 radical (unpaired) electrons. The number of aromatic nitrogens is 3. The van der Waals surface area contributed by atoms with Gasteiger partial charge in [-0.05, 0) is 62.6 Å². The van der Waals surface area contributed by atoms with Crippen LogP contribution < -0.4 is 0 Å². The zero-order valence-corrected chi connectivity index (χ0v) is 16.7. The summed E-state index contributed by atoms with van der Waals surface area (Å²) >= 11 is 0. The van der Waals surface area contributed by atoms with Crippen molar-refractivity contribution in [3.63, 3.8) is 0 Å². The van der Waals surface area contributed by atoms with Crippen molar-refractivity contribution in [2.24, 2.45) is 0 Å². The van der Waals surface area contributed by atoms with E-state index in [1.54, 1.807) is 0 Å². The number of hydrogen-bond acceptors (Lipinski definition) is 2. The van der Waals surface area contributed by atoms with Crippen LogP contribution in [0.25, 0.3) is 0 Å². The molecule has 0 N–H and O–H groups in total. The molecule has 3 heteroatoms. The highest BCUT2D eigenvalue weighted by atomic mass is 15.4. The van der Waals surface area contributed by atoms with Crippen LogP contribution in [0.1, 0.15) is 62.4 Å². The zero-order chi connectivity index (χ0) is 18.9. The van der Waals surface area contributed by atoms with Crippen LogP contribution in [0, 0.1) is 0 Å². The number of nitrogens with zero attached hydrogens (tertiary/aromatic N) is 3. The minimum atomic E-state index is -0.211. The van der Waals surface area contributed by atoms with E-state index in [-0.39, 0.29) is 11.0 Å². The van der Waals surface area contributed by atoms with Gasteiger partial charge in [0.1, 0.15) is 0 Å². The molecule has 1 aliphatic carbocycles. The van der Waals surface area contributed by atoms with Gasteiger partial charge in [-0.3, -0.25) is 0 Å². The van der Waals surface area contributed by atoms with Crippen LogP contribution in [0.3, 0.4) is 0 Å². The summed E-state index contributed by atoms with van der Waals surface area (Å²) < 4.78 is 2.04. The molecule has 0 saturated heterocycles. The van der Waals surface area contributed by atoms with Gasteiger partial charge in [-0.15, -0.1) is 5.10 Å². The minimum Gasteiger partial charge on any atom is -0.242 e. The normalized spacial score (nSPS) is 20.6. The third-order valence-corrected chi connectivity index (χ3v) is 6.40. The van der Waals surface area contributed by atoms with E-state index in [4.69, 9.17) is 0 Å². The van der Waals surface area contributed by atoms with Gasteiger partial charge >= 0.3 is 0 Å². The molecule has 1 unspecified atom stereocenters. The van der Waals surface area contributed by atoms with Gasteiger partial charge in [0.05, 0.1) is 17.4 Å². The molecule has 0 saturated carbocycles. The predicted molar refractivity (Wildman–Crippen MR) is 110 cm³/mol. The molecular weight excluding hydrogens is 330 g/mol. The molecule has 0 bridgehead atoms. The molecule has 1 aliphatic rings. The van der Waals surface area contributed by atoms with Gasteiger partial charge in [-0.2, -0.15) is 0 Å². The van der Waals surface area contributed by atoms with Gasteiger partial charge in [0.15, 0.2) is 0 Å². The summed E-state index contributed by atoms with van der Waals surface area (Å²) in [6.07, 6.45) is 7.93. The topological polar surface area (TPSA) is 30.7 Å². The Bertz CT molecular complexity index is 910. The van der Waals surface area contributed by atoms with E-state index in [1.165, 1.54) is 23.1 Å². The molecule has 0 fully saturated rings. The summed E-state index contributed by atoms with van der Waals surface area (Å²) in [5.41, 5.74) is 5.27. The molecule has 2 aromatic carbocycles. The van der Waals surface area contributed by atoms with Gasteiger partial charge in [0.2, 0.25) is 0 Å². The molecule has 0 spiro atoms. The van der Waals surface area contributed by atoms with E-state index >= 15 is 0 Å². The van der Waals surface area contributed by atoms with E-state index in [0.717, 1.165) is 31.4 Å². The first-order valence-corrected chi connectivity index (χ1v) is 10.0. The number of benzene rings is 2.